The van der Waals surface area contributed by atoms with Crippen LogP contribution in [-0.4, -0.2) is 23.4 Å². The third-order valence-electron chi connectivity index (χ3n) is 4.31. The summed E-state index contributed by atoms with van der Waals surface area (Å²) in [7, 11) is 0. The lowest BCUT2D eigenvalue weighted by Gasteiger charge is -2.17. The summed E-state index contributed by atoms with van der Waals surface area (Å²) < 4.78 is 10.9. The highest BCUT2D eigenvalue weighted by Gasteiger charge is 2.22. The third kappa shape index (κ3) is 3.90. The molecule has 0 bridgehead atoms. The molecule has 2 N–H and O–H groups in total. The Morgan fingerprint density at radius 3 is 2.71 bits per heavy atom. The van der Waals surface area contributed by atoms with Gasteiger partial charge in [0.05, 0.1) is 17.6 Å². The largest absolute Gasteiger partial charge is 0.507 e. The van der Waals surface area contributed by atoms with E-state index in [1.54, 1.807) is 18.2 Å². The van der Waals surface area contributed by atoms with Crippen LogP contribution in [0.25, 0.3) is 11.0 Å². The number of benzene rings is 1. The zero-order valence-electron chi connectivity index (χ0n) is 14.4. The topological polar surface area (TPSA) is 79.9 Å². The molecule has 24 heavy (non-hydrogen) atoms. The summed E-state index contributed by atoms with van der Waals surface area (Å²) in [4.78, 5) is 12.5. The Labute approximate surface area is 141 Å². The van der Waals surface area contributed by atoms with Crippen LogP contribution in [0.2, 0.25) is 0 Å². The minimum absolute atomic E-state index is 0.0146. The molecule has 132 valence electrons. The normalized spacial score (nSPS) is 12.5. The van der Waals surface area contributed by atoms with Crippen molar-refractivity contribution in [1.82, 2.24) is 0 Å². The fraction of sp³-hybridized carbons (Fsp3) is 0.526. The van der Waals surface area contributed by atoms with Crippen LogP contribution >= 0.6 is 0 Å². The average molecular weight is 334 g/mol. The molecule has 1 unspecified atom stereocenters. The van der Waals surface area contributed by atoms with Crippen LogP contribution in [0, 0.1) is 0 Å². The Morgan fingerprint density at radius 2 is 2.04 bits per heavy atom. The minimum Gasteiger partial charge on any atom is -0.507 e. The molecular formula is C19H26O5. The highest BCUT2D eigenvalue weighted by atomic mass is 16.5. The predicted octanol–water partition coefficient (Wildman–Crippen LogP) is 3.94. The summed E-state index contributed by atoms with van der Waals surface area (Å²) in [6.45, 7) is 4.11. The molecule has 0 saturated carbocycles. The fourth-order valence-corrected chi connectivity index (χ4v) is 3.02. The number of ether oxygens (including phenoxy) is 1. The summed E-state index contributed by atoms with van der Waals surface area (Å²) in [6.07, 6.45) is 4.87. The van der Waals surface area contributed by atoms with Gasteiger partial charge in [0.25, 0.3) is 0 Å². The van der Waals surface area contributed by atoms with Crippen LogP contribution in [0.15, 0.2) is 27.4 Å². The monoisotopic (exact) mass is 334 g/mol. The van der Waals surface area contributed by atoms with Crippen molar-refractivity contribution >= 4 is 11.0 Å². The first-order valence-corrected chi connectivity index (χ1v) is 8.66. The molecular weight excluding hydrogens is 308 g/mol. The second-order valence-corrected chi connectivity index (χ2v) is 5.96. The standard InChI is InChI=1S/C19H26O5/c1-3-5-6-8-13(4-2)16-17(21)14-9-7-10-15(23-12-11-20)18(14)24-19(16)22/h7,9-10,13,20-21H,3-6,8,11-12H2,1-2H3. The van der Waals surface area contributed by atoms with Crippen molar-refractivity contribution in [1.29, 1.82) is 0 Å². The molecule has 0 amide bonds. The number of aromatic hydroxyl groups is 1. The van der Waals surface area contributed by atoms with E-state index in [9.17, 15) is 9.90 Å². The molecule has 0 aliphatic rings. The Hall–Kier alpha value is -2.01. The van der Waals surface area contributed by atoms with Crippen molar-refractivity contribution < 1.29 is 19.4 Å². The predicted molar refractivity (Wildman–Crippen MR) is 93.9 cm³/mol. The summed E-state index contributed by atoms with van der Waals surface area (Å²) in [6, 6.07) is 5.09. The van der Waals surface area contributed by atoms with Crippen LogP contribution in [0.3, 0.4) is 0 Å². The van der Waals surface area contributed by atoms with Crippen molar-refractivity contribution in [3.63, 3.8) is 0 Å². The fourth-order valence-electron chi connectivity index (χ4n) is 3.02. The van der Waals surface area contributed by atoms with Gasteiger partial charge in [-0.2, -0.15) is 0 Å². The van der Waals surface area contributed by atoms with E-state index >= 15 is 0 Å². The number of aliphatic hydroxyl groups excluding tert-OH is 1. The first kappa shape index (κ1) is 18.3. The van der Waals surface area contributed by atoms with Gasteiger partial charge in [-0.25, -0.2) is 4.79 Å². The summed E-state index contributed by atoms with van der Waals surface area (Å²) >= 11 is 0. The van der Waals surface area contributed by atoms with Crippen LogP contribution in [0.4, 0.5) is 0 Å². The Morgan fingerprint density at radius 1 is 1.25 bits per heavy atom. The number of hydrogen-bond donors (Lipinski definition) is 2. The molecule has 0 fully saturated rings. The Kier molecular flexibility index (Phi) is 6.67. The molecule has 0 aliphatic carbocycles. The third-order valence-corrected chi connectivity index (χ3v) is 4.31. The average Bonchev–Trinajstić information content (AvgIpc) is 2.58. The number of unbranched alkanes of at least 4 members (excludes halogenated alkanes) is 2. The SMILES string of the molecule is CCCCCC(CC)c1c(O)c2cccc(OCCO)c2oc1=O. The van der Waals surface area contributed by atoms with Gasteiger partial charge in [0.1, 0.15) is 12.4 Å². The maximum absolute atomic E-state index is 12.5. The van der Waals surface area contributed by atoms with Crippen molar-refractivity contribution in [2.75, 3.05) is 13.2 Å². The van der Waals surface area contributed by atoms with E-state index in [2.05, 4.69) is 6.92 Å². The van der Waals surface area contributed by atoms with Gasteiger partial charge in [0.15, 0.2) is 11.3 Å². The van der Waals surface area contributed by atoms with Gasteiger partial charge in [-0.1, -0.05) is 39.2 Å². The summed E-state index contributed by atoms with van der Waals surface area (Å²) in [5.74, 6) is 0.317. The van der Waals surface area contributed by atoms with Gasteiger partial charge in [0.2, 0.25) is 0 Å². The van der Waals surface area contributed by atoms with Crippen molar-refractivity contribution in [3.05, 3.63) is 34.2 Å². The van der Waals surface area contributed by atoms with Crippen molar-refractivity contribution in [2.24, 2.45) is 0 Å². The smallest absolute Gasteiger partial charge is 0.343 e. The molecule has 1 aromatic heterocycles. The number of fused-ring (bicyclic) bond motifs is 1. The van der Waals surface area contributed by atoms with Crippen molar-refractivity contribution in [2.45, 2.75) is 51.9 Å². The molecule has 2 rings (SSSR count). The van der Waals surface area contributed by atoms with Gasteiger partial charge in [-0.15, -0.1) is 0 Å². The van der Waals surface area contributed by atoms with Crippen LogP contribution in [-0.2, 0) is 0 Å². The Bertz CT molecular complexity index is 720. The van der Waals surface area contributed by atoms with Crippen LogP contribution in [0.5, 0.6) is 11.5 Å². The summed E-state index contributed by atoms with van der Waals surface area (Å²) in [5.41, 5.74) is 0.0735. The van der Waals surface area contributed by atoms with Gasteiger partial charge in [0, 0.05) is 0 Å². The lowest BCUT2D eigenvalue weighted by atomic mass is 9.90. The molecule has 2 aromatic rings. The van der Waals surface area contributed by atoms with Gasteiger partial charge in [-0.3, -0.25) is 0 Å². The number of rotatable bonds is 9. The molecule has 0 radical (unpaired) electrons. The van der Waals surface area contributed by atoms with Gasteiger partial charge >= 0.3 is 5.63 Å². The molecule has 0 spiro atoms. The molecule has 5 nitrogen and oxygen atoms in total. The molecule has 0 saturated heterocycles. The molecule has 0 aliphatic heterocycles. The highest BCUT2D eigenvalue weighted by Crippen LogP contribution is 2.37. The van der Waals surface area contributed by atoms with E-state index in [0.717, 1.165) is 32.1 Å². The second kappa shape index (κ2) is 8.73. The zero-order valence-corrected chi connectivity index (χ0v) is 14.4. The van der Waals surface area contributed by atoms with Crippen LogP contribution < -0.4 is 10.4 Å². The number of hydrogen-bond acceptors (Lipinski definition) is 5. The van der Waals surface area contributed by atoms with E-state index in [4.69, 9.17) is 14.3 Å². The highest BCUT2D eigenvalue weighted by molar-refractivity contribution is 5.88. The molecule has 1 atom stereocenters. The van der Waals surface area contributed by atoms with E-state index in [1.807, 2.05) is 6.92 Å². The van der Waals surface area contributed by atoms with E-state index in [1.165, 1.54) is 0 Å². The van der Waals surface area contributed by atoms with E-state index in [0.29, 0.717) is 16.7 Å². The summed E-state index contributed by atoms with van der Waals surface area (Å²) in [5, 5.41) is 20.0. The maximum Gasteiger partial charge on any atom is 0.343 e. The first-order valence-electron chi connectivity index (χ1n) is 8.66. The number of para-hydroxylation sites is 1. The van der Waals surface area contributed by atoms with Gasteiger partial charge in [-0.05, 0) is 30.9 Å². The van der Waals surface area contributed by atoms with Crippen LogP contribution in [0.1, 0.15) is 57.4 Å². The van der Waals surface area contributed by atoms with E-state index < -0.39 is 5.63 Å². The second-order valence-electron chi connectivity index (χ2n) is 5.96. The maximum atomic E-state index is 12.5. The number of aliphatic hydroxyl groups is 1. The molecule has 1 heterocycles. The molecule has 5 heteroatoms. The quantitative estimate of drug-likeness (QED) is 0.536. The minimum atomic E-state index is -0.511. The van der Waals surface area contributed by atoms with Gasteiger partial charge < -0.3 is 19.4 Å². The first-order chi connectivity index (χ1) is 11.6. The zero-order chi connectivity index (χ0) is 17.5. The lowest BCUT2D eigenvalue weighted by molar-refractivity contribution is 0.201. The Balaban J connectivity index is 2.47. The van der Waals surface area contributed by atoms with E-state index in [-0.39, 0.29) is 30.5 Å². The lowest BCUT2D eigenvalue weighted by Crippen LogP contribution is -2.13. The molecule has 1 aromatic carbocycles. The van der Waals surface area contributed by atoms with Crippen molar-refractivity contribution in [3.8, 4) is 11.5 Å².